The Labute approximate surface area is 242 Å². The second-order valence-electron chi connectivity index (χ2n) is 11.2. The number of halogens is 4. The molecule has 2 bridgehead atoms. The fourth-order valence-electron chi connectivity index (χ4n) is 5.92. The number of amides is 1. The Morgan fingerprint density at radius 2 is 1.67 bits per heavy atom. The maximum absolute atomic E-state index is 14.5. The number of piperazine rings is 1. The van der Waals surface area contributed by atoms with E-state index in [0.29, 0.717) is 31.4 Å². The van der Waals surface area contributed by atoms with Crippen molar-refractivity contribution in [3.63, 3.8) is 0 Å². The highest BCUT2D eigenvalue weighted by molar-refractivity contribution is 6.03. The van der Waals surface area contributed by atoms with Gasteiger partial charge in [-0.1, -0.05) is 42.5 Å². The van der Waals surface area contributed by atoms with Gasteiger partial charge in [-0.15, -0.1) is 0 Å². The van der Waals surface area contributed by atoms with Crippen LogP contribution in [0.5, 0.6) is 5.75 Å². The third-order valence-electron chi connectivity index (χ3n) is 8.24. The third-order valence-corrected chi connectivity index (χ3v) is 8.24. The first-order valence-electron chi connectivity index (χ1n) is 14.5. The van der Waals surface area contributed by atoms with E-state index in [-0.39, 0.29) is 43.0 Å². The van der Waals surface area contributed by atoms with Crippen molar-refractivity contribution in [1.29, 1.82) is 0 Å². The fraction of sp³-hybridized carbons (Fsp3) is 0.364. The zero-order valence-corrected chi connectivity index (χ0v) is 23.1. The number of hydrogen-bond donors (Lipinski definition) is 2. The highest BCUT2D eigenvalue weighted by Crippen LogP contribution is 2.36. The molecule has 5 nitrogen and oxygen atoms in total. The number of ether oxygens (including phenoxy) is 1. The monoisotopic (exact) mass is 579 g/mol. The van der Waals surface area contributed by atoms with Crippen molar-refractivity contribution in [1.82, 2.24) is 15.5 Å². The summed E-state index contributed by atoms with van der Waals surface area (Å²) in [6.07, 6.45) is 3.60. The molecule has 0 spiro atoms. The van der Waals surface area contributed by atoms with E-state index in [2.05, 4.69) is 10.6 Å². The Morgan fingerprint density at radius 3 is 2.43 bits per heavy atom. The summed E-state index contributed by atoms with van der Waals surface area (Å²) >= 11 is 0. The molecule has 3 aliphatic rings. The van der Waals surface area contributed by atoms with E-state index < -0.39 is 23.2 Å². The molecule has 3 aromatic carbocycles. The lowest BCUT2D eigenvalue weighted by Crippen LogP contribution is -2.60. The predicted molar refractivity (Wildman–Crippen MR) is 152 cm³/mol. The van der Waals surface area contributed by atoms with Crippen molar-refractivity contribution in [2.75, 3.05) is 19.7 Å². The van der Waals surface area contributed by atoms with Gasteiger partial charge in [-0.25, -0.2) is 13.2 Å². The molecule has 2 aliphatic heterocycles. The number of nitrogens with zero attached hydrogens (tertiary/aromatic N) is 1. The maximum Gasteiger partial charge on any atom is 0.252 e. The summed E-state index contributed by atoms with van der Waals surface area (Å²) < 4.78 is 60.8. The van der Waals surface area contributed by atoms with E-state index >= 15 is 0 Å². The predicted octanol–water partition coefficient (Wildman–Crippen LogP) is 5.53. The fourth-order valence-corrected chi connectivity index (χ4v) is 5.92. The van der Waals surface area contributed by atoms with E-state index in [9.17, 15) is 22.4 Å². The molecular weight excluding hydrogens is 546 g/mol. The minimum Gasteiger partial charge on any atom is -0.488 e. The lowest BCUT2D eigenvalue weighted by molar-refractivity contribution is -0.128. The Bertz CT molecular complexity index is 1490. The van der Waals surface area contributed by atoms with Gasteiger partial charge in [-0.2, -0.15) is 4.39 Å². The highest BCUT2D eigenvalue weighted by Gasteiger charge is 2.41. The summed E-state index contributed by atoms with van der Waals surface area (Å²) in [5.74, 6) is -4.47. The van der Waals surface area contributed by atoms with Gasteiger partial charge in [0.15, 0.2) is 17.4 Å². The summed E-state index contributed by atoms with van der Waals surface area (Å²) in [7, 11) is 0. The summed E-state index contributed by atoms with van der Waals surface area (Å²) in [4.78, 5) is 16.0. The van der Waals surface area contributed by atoms with E-state index in [1.165, 1.54) is 6.07 Å². The Hall–Kier alpha value is -3.69. The molecule has 42 heavy (non-hydrogen) atoms. The van der Waals surface area contributed by atoms with Crippen LogP contribution in [0.15, 0.2) is 66.2 Å². The molecule has 2 atom stereocenters. The molecule has 3 aromatic rings. The molecule has 2 heterocycles. The first-order chi connectivity index (χ1) is 20.4. The Morgan fingerprint density at radius 1 is 0.905 bits per heavy atom. The lowest BCUT2D eigenvalue weighted by atomic mass is 9.83. The largest absolute Gasteiger partial charge is 0.488 e. The molecule has 0 aromatic heterocycles. The van der Waals surface area contributed by atoms with Crippen molar-refractivity contribution >= 4 is 11.5 Å². The lowest BCUT2D eigenvalue weighted by Gasteiger charge is -2.41. The van der Waals surface area contributed by atoms with Crippen molar-refractivity contribution in [3.8, 4) is 5.75 Å². The number of aryl methyl sites for hydroxylation is 1. The number of benzene rings is 3. The highest BCUT2D eigenvalue weighted by atomic mass is 19.2. The van der Waals surface area contributed by atoms with Crippen LogP contribution < -0.4 is 15.4 Å². The number of rotatable bonds is 10. The van der Waals surface area contributed by atoms with E-state index in [0.717, 1.165) is 53.8 Å². The van der Waals surface area contributed by atoms with Gasteiger partial charge in [-0.3, -0.25) is 4.79 Å². The molecule has 0 radical (unpaired) electrons. The van der Waals surface area contributed by atoms with Crippen LogP contribution in [0.2, 0.25) is 0 Å². The number of carbonyl (C=O) groups excluding carboxylic acids is 1. The van der Waals surface area contributed by atoms with Crippen molar-refractivity contribution in [2.45, 2.75) is 56.8 Å². The first-order valence-corrected chi connectivity index (χ1v) is 14.5. The van der Waals surface area contributed by atoms with Crippen LogP contribution >= 0.6 is 0 Å². The molecule has 1 aliphatic carbocycles. The number of fused-ring (bicyclic) bond motifs is 2. The molecule has 1 saturated heterocycles. The summed E-state index contributed by atoms with van der Waals surface area (Å²) in [5.41, 5.74) is 4.25. The zero-order valence-electron chi connectivity index (χ0n) is 23.1. The van der Waals surface area contributed by atoms with Crippen LogP contribution in [-0.2, 0) is 17.8 Å². The maximum atomic E-state index is 14.5. The van der Waals surface area contributed by atoms with Gasteiger partial charge in [0.25, 0.3) is 5.91 Å². The molecule has 220 valence electrons. The molecule has 2 N–H and O–H groups in total. The molecule has 6 rings (SSSR count). The van der Waals surface area contributed by atoms with Gasteiger partial charge in [-0.05, 0) is 67.0 Å². The SMILES string of the molecule is O=C(C1=C(c2ccc(CCCOc3c(F)ccc(F)c3F)cc2)CC2CNCC1N2)N(Cc1ccccc1F)C1CC1. The van der Waals surface area contributed by atoms with Crippen LogP contribution in [0.4, 0.5) is 17.6 Å². The van der Waals surface area contributed by atoms with Crippen molar-refractivity contribution < 1.29 is 27.1 Å². The summed E-state index contributed by atoms with van der Waals surface area (Å²) in [6.45, 7) is 1.72. The minimum atomic E-state index is -1.32. The van der Waals surface area contributed by atoms with Crippen LogP contribution in [0.25, 0.3) is 5.57 Å². The average molecular weight is 580 g/mol. The van der Waals surface area contributed by atoms with Crippen LogP contribution in [0.3, 0.4) is 0 Å². The molecular formula is C33H33F4N3O2. The van der Waals surface area contributed by atoms with Gasteiger partial charge >= 0.3 is 0 Å². The van der Waals surface area contributed by atoms with Gasteiger partial charge in [0.1, 0.15) is 5.82 Å². The molecule has 2 fully saturated rings. The van der Waals surface area contributed by atoms with E-state index in [1.54, 1.807) is 18.2 Å². The molecule has 9 heteroatoms. The zero-order chi connectivity index (χ0) is 29.2. The topological polar surface area (TPSA) is 53.6 Å². The average Bonchev–Trinajstić information content (AvgIpc) is 3.84. The molecule has 1 saturated carbocycles. The van der Waals surface area contributed by atoms with E-state index in [4.69, 9.17) is 4.74 Å². The van der Waals surface area contributed by atoms with Crippen LogP contribution in [0.1, 0.15) is 42.4 Å². The van der Waals surface area contributed by atoms with Gasteiger partial charge in [0.05, 0.1) is 12.6 Å². The van der Waals surface area contributed by atoms with Gasteiger partial charge in [0, 0.05) is 42.9 Å². The Balaban J connectivity index is 1.19. The van der Waals surface area contributed by atoms with E-state index in [1.807, 2.05) is 29.2 Å². The van der Waals surface area contributed by atoms with Gasteiger partial charge < -0.3 is 20.3 Å². The smallest absolute Gasteiger partial charge is 0.252 e. The second-order valence-corrected chi connectivity index (χ2v) is 11.2. The van der Waals surface area contributed by atoms with Crippen molar-refractivity contribution in [2.24, 2.45) is 0 Å². The second kappa shape index (κ2) is 12.3. The van der Waals surface area contributed by atoms with Crippen LogP contribution in [-0.4, -0.2) is 48.6 Å². The van der Waals surface area contributed by atoms with Crippen LogP contribution in [0, 0.1) is 23.3 Å². The number of hydrogen-bond acceptors (Lipinski definition) is 4. The van der Waals surface area contributed by atoms with Gasteiger partial charge in [0.2, 0.25) is 5.82 Å². The third kappa shape index (κ3) is 6.08. The first kappa shape index (κ1) is 28.4. The Kier molecular flexibility index (Phi) is 8.31. The number of carbonyl (C=O) groups is 1. The quantitative estimate of drug-likeness (QED) is 0.188. The number of nitrogens with one attached hydrogen (secondary N) is 2. The summed E-state index contributed by atoms with van der Waals surface area (Å²) in [6, 6.07) is 16.4. The minimum absolute atomic E-state index is 0.0316. The van der Waals surface area contributed by atoms with Crippen molar-refractivity contribution in [3.05, 3.63) is 106 Å². The standard InChI is InChI=1S/C33H33F4N3O2/c34-26-6-2-1-5-22(26)19-40(24-11-12-24)33(41)30-25(16-23-17-38-18-29(30)39-23)21-9-7-20(8-10-21)4-3-15-42-32-28(36)14-13-27(35)31(32)37/h1-2,5-10,13-14,23-24,29,38-39H,3-4,11-12,15-19H2. The summed E-state index contributed by atoms with van der Waals surface area (Å²) in [5, 5.41) is 7.05. The molecule has 1 amide bonds. The normalized spacial score (nSPS) is 20.0. The molecule has 2 unspecified atom stereocenters.